The number of anilines is 1. The molecule has 1 unspecified atom stereocenters. The molecule has 1 aliphatic rings. The molecule has 1 heterocycles. The summed E-state index contributed by atoms with van der Waals surface area (Å²) in [5.74, 6) is -1.12. The predicted molar refractivity (Wildman–Crippen MR) is 70.4 cm³/mol. The first-order chi connectivity index (χ1) is 9.06. The zero-order valence-electron chi connectivity index (χ0n) is 10.7. The Balaban J connectivity index is 2.37. The third-order valence-electron chi connectivity index (χ3n) is 3.24. The number of carbonyl (C=O) groups is 2. The molecule has 1 aliphatic heterocycles. The van der Waals surface area contributed by atoms with Crippen LogP contribution in [0.5, 0.6) is 0 Å². The predicted octanol–water partition coefficient (Wildman–Crippen LogP) is -0.516. The minimum Gasteiger partial charge on any atom is -0.387 e. The monoisotopic (exact) mass is 263 g/mol. The number of benzene rings is 1. The number of para-hydroxylation sites is 1. The Labute approximate surface area is 111 Å². The van der Waals surface area contributed by atoms with Gasteiger partial charge >= 0.3 is 11.8 Å². The molecular weight excluding hydrogens is 246 g/mol. The van der Waals surface area contributed by atoms with Gasteiger partial charge in [-0.2, -0.15) is 0 Å². The number of nitrogens with two attached hydrogens (primary N) is 1. The van der Waals surface area contributed by atoms with Crippen LogP contribution in [0.4, 0.5) is 5.69 Å². The van der Waals surface area contributed by atoms with Gasteiger partial charge in [-0.15, -0.1) is 0 Å². The molecule has 0 saturated carbocycles. The topological polar surface area (TPSA) is 86.9 Å². The summed E-state index contributed by atoms with van der Waals surface area (Å²) < 4.78 is 0. The maximum Gasteiger partial charge on any atom is 0.316 e. The summed E-state index contributed by atoms with van der Waals surface area (Å²) in [5, 5.41) is 9.89. The van der Waals surface area contributed by atoms with Crippen molar-refractivity contribution in [3.05, 3.63) is 29.8 Å². The molecule has 0 aromatic heterocycles. The number of likely N-dealkylation sites (N-methyl/N-ethyl adjacent to an activating group) is 1. The second kappa shape index (κ2) is 5.38. The molecule has 1 aromatic rings. The average molecular weight is 263 g/mol. The highest BCUT2D eigenvalue weighted by atomic mass is 16.3. The van der Waals surface area contributed by atoms with Crippen LogP contribution in [0.15, 0.2) is 24.3 Å². The lowest BCUT2D eigenvalue weighted by Crippen LogP contribution is -2.53. The van der Waals surface area contributed by atoms with Crippen LogP contribution in [0.3, 0.4) is 0 Å². The van der Waals surface area contributed by atoms with Crippen LogP contribution in [0.25, 0.3) is 0 Å². The van der Waals surface area contributed by atoms with Gasteiger partial charge in [0.1, 0.15) is 0 Å². The van der Waals surface area contributed by atoms with Crippen LogP contribution in [-0.2, 0) is 9.59 Å². The molecular formula is C13H17N3O3. The molecule has 1 aromatic carbocycles. The molecule has 2 rings (SSSR count). The average Bonchev–Trinajstić information content (AvgIpc) is 2.44. The van der Waals surface area contributed by atoms with Gasteiger partial charge in [0, 0.05) is 32.2 Å². The summed E-state index contributed by atoms with van der Waals surface area (Å²) in [4.78, 5) is 26.5. The van der Waals surface area contributed by atoms with Gasteiger partial charge in [-0.05, 0) is 6.07 Å². The maximum absolute atomic E-state index is 12.0. The Bertz CT molecular complexity index is 504. The van der Waals surface area contributed by atoms with Crippen molar-refractivity contribution in [1.29, 1.82) is 0 Å². The minimum atomic E-state index is -0.848. The summed E-state index contributed by atoms with van der Waals surface area (Å²) >= 11 is 0. The van der Waals surface area contributed by atoms with Crippen LogP contribution < -0.4 is 10.6 Å². The molecule has 0 radical (unpaired) electrons. The zero-order chi connectivity index (χ0) is 14.0. The summed E-state index contributed by atoms with van der Waals surface area (Å²) in [6.07, 6.45) is -0.848. The molecule has 102 valence electrons. The van der Waals surface area contributed by atoms with E-state index in [2.05, 4.69) is 0 Å². The first-order valence-electron chi connectivity index (χ1n) is 6.10. The van der Waals surface area contributed by atoms with Crippen molar-refractivity contribution in [2.24, 2.45) is 5.73 Å². The highest BCUT2D eigenvalue weighted by Crippen LogP contribution is 2.27. The molecule has 1 atom stereocenters. The lowest BCUT2D eigenvalue weighted by molar-refractivity contribution is -0.145. The van der Waals surface area contributed by atoms with E-state index >= 15 is 0 Å². The number of nitrogens with zero attached hydrogens (tertiary/aromatic N) is 2. The highest BCUT2D eigenvalue weighted by molar-refractivity contribution is 6.41. The summed E-state index contributed by atoms with van der Waals surface area (Å²) in [5.41, 5.74) is 6.57. The van der Waals surface area contributed by atoms with Gasteiger partial charge in [0.2, 0.25) is 0 Å². The van der Waals surface area contributed by atoms with E-state index in [1.807, 2.05) is 0 Å². The number of piperazine rings is 1. The standard InChI is InChI=1S/C13H17N3O3/c1-15-6-7-16(13(19)12(15)18)10-5-3-2-4-9(10)11(17)8-14/h2-5,11,17H,6-8,14H2,1H3. The van der Waals surface area contributed by atoms with Gasteiger partial charge in [0.05, 0.1) is 11.8 Å². The summed E-state index contributed by atoms with van der Waals surface area (Å²) in [7, 11) is 1.60. The second-order valence-corrected chi connectivity index (χ2v) is 4.49. The van der Waals surface area contributed by atoms with Crippen molar-refractivity contribution in [2.75, 3.05) is 31.6 Å². The number of amides is 2. The molecule has 6 nitrogen and oxygen atoms in total. The Hall–Kier alpha value is -1.92. The molecule has 6 heteroatoms. The van der Waals surface area contributed by atoms with Crippen molar-refractivity contribution in [3.63, 3.8) is 0 Å². The van der Waals surface area contributed by atoms with Gasteiger partial charge in [-0.25, -0.2) is 0 Å². The molecule has 0 aliphatic carbocycles. The Morgan fingerprint density at radius 3 is 2.63 bits per heavy atom. The Kier molecular flexibility index (Phi) is 3.82. The van der Waals surface area contributed by atoms with E-state index in [1.54, 1.807) is 31.3 Å². The molecule has 0 bridgehead atoms. The van der Waals surface area contributed by atoms with Gasteiger partial charge in [-0.3, -0.25) is 9.59 Å². The minimum absolute atomic E-state index is 0.0624. The molecule has 3 N–H and O–H groups in total. The Morgan fingerprint density at radius 1 is 1.26 bits per heavy atom. The number of rotatable bonds is 3. The van der Waals surface area contributed by atoms with Gasteiger partial charge in [0.15, 0.2) is 0 Å². The second-order valence-electron chi connectivity index (χ2n) is 4.49. The fourth-order valence-electron chi connectivity index (χ4n) is 2.10. The zero-order valence-corrected chi connectivity index (χ0v) is 10.7. The van der Waals surface area contributed by atoms with Gasteiger partial charge in [-0.1, -0.05) is 18.2 Å². The smallest absolute Gasteiger partial charge is 0.316 e. The number of aliphatic hydroxyl groups is 1. The maximum atomic E-state index is 12.0. The lowest BCUT2D eigenvalue weighted by atomic mass is 10.1. The fourth-order valence-corrected chi connectivity index (χ4v) is 2.10. The van der Waals surface area contributed by atoms with Gasteiger partial charge in [0.25, 0.3) is 0 Å². The first-order valence-corrected chi connectivity index (χ1v) is 6.10. The van der Waals surface area contributed by atoms with E-state index in [0.29, 0.717) is 24.3 Å². The molecule has 1 saturated heterocycles. The fraction of sp³-hybridized carbons (Fsp3) is 0.385. The normalized spacial score (nSPS) is 17.8. The van der Waals surface area contributed by atoms with E-state index in [-0.39, 0.29) is 6.54 Å². The van der Waals surface area contributed by atoms with E-state index in [9.17, 15) is 14.7 Å². The van der Waals surface area contributed by atoms with E-state index < -0.39 is 17.9 Å². The van der Waals surface area contributed by atoms with Crippen molar-refractivity contribution in [3.8, 4) is 0 Å². The van der Waals surface area contributed by atoms with E-state index in [0.717, 1.165) is 0 Å². The summed E-state index contributed by atoms with van der Waals surface area (Å²) in [6, 6.07) is 6.95. The van der Waals surface area contributed by atoms with Crippen LogP contribution in [0.2, 0.25) is 0 Å². The van der Waals surface area contributed by atoms with Crippen molar-refractivity contribution in [1.82, 2.24) is 4.90 Å². The van der Waals surface area contributed by atoms with Crippen LogP contribution in [-0.4, -0.2) is 48.5 Å². The summed E-state index contributed by atoms with van der Waals surface area (Å²) in [6.45, 7) is 0.944. The Morgan fingerprint density at radius 2 is 1.95 bits per heavy atom. The van der Waals surface area contributed by atoms with Crippen LogP contribution in [0.1, 0.15) is 11.7 Å². The first kappa shape index (κ1) is 13.5. The number of hydrogen-bond acceptors (Lipinski definition) is 4. The van der Waals surface area contributed by atoms with Crippen molar-refractivity contribution in [2.45, 2.75) is 6.10 Å². The highest BCUT2D eigenvalue weighted by Gasteiger charge is 2.32. The van der Waals surface area contributed by atoms with Crippen molar-refractivity contribution >= 4 is 17.5 Å². The van der Waals surface area contributed by atoms with E-state index in [1.165, 1.54) is 9.80 Å². The third-order valence-corrected chi connectivity index (χ3v) is 3.24. The molecule has 0 spiro atoms. The number of hydrogen-bond donors (Lipinski definition) is 2. The quantitative estimate of drug-likeness (QED) is 0.719. The van der Waals surface area contributed by atoms with Crippen molar-refractivity contribution < 1.29 is 14.7 Å². The molecule has 2 amide bonds. The molecule has 19 heavy (non-hydrogen) atoms. The number of carbonyl (C=O) groups excluding carboxylic acids is 2. The van der Waals surface area contributed by atoms with Crippen LogP contribution in [0, 0.1) is 0 Å². The van der Waals surface area contributed by atoms with Gasteiger partial charge < -0.3 is 20.6 Å². The third kappa shape index (κ3) is 2.45. The lowest BCUT2D eigenvalue weighted by Gasteiger charge is -2.33. The van der Waals surface area contributed by atoms with Crippen LogP contribution >= 0.6 is 0 Å². The number of aliphatic hydroxyl groups excluding tert-OH is 1. The largest absolute Gasteiger partial charge is 0.387 e. The van der Waals surface area contributed by atoms with E-state index in [4.69, 9.17) is 5.73 Å². The SMILES string of the molecule is CN1CCN(c2ccccc2C(O)CN)C(=O)C1=O. The molecule has 1 fully saturated rings.